The van der Waals surface area contributed by atoms with Crippen LogP contribution in [0.2, 0.25) is 0 Å². The van der Waals surface area contributed by atoms with Crippen LogP contribution in [-0.2, 0) is 9.59 Å². The van der Waals surface area contributed by atoms with E-state index in [9.17, 15) is 9.59 Å². The summed E-state index contributed by atoms with van der Waals surface area (Å²) < 4.78 is 0. The van der Waals surface area contributed by atoms with E-state index >= 15 is 0 Å². The molecule has 2 aliphatic heterocycles. The molecule has 0 aromatic carbocycles. The summed E-state index contributed by atoms with van der Waals surface area (Å²) in [5.41, 5.74) is 0.0482. The summed E-state index contributed by atoms with van der Waals surface area (Å²) in [4.78, 5) is 24.6. The van der Waals surface area contributed by atoms with Crippen molar-refractivity contribution in [2.24, 2.45) is 11.8 Å². The van der Waals surface area contributed by atoms with Gasteiger partial charge in [-0.1, -0.05) is 0 Å². The second-order valence-electron chi connectivity index (χ2n) is 6.41. The van der Waals surface area contributed by atoms with E-state index in [0.29, 0.717) is 31.3 Å². The van der Waals surface area contributed by atoms with E-state index < -0.39 is 5.97 Å². The predicted molar refractivity (Wildman–Crippen MR) is 75.4 cm³/mol. The largest absolute Gasteiger partial charge is 0.481 e. The molecule has 3 N–H and O–H groups in total. The van der Waals surface area contributed by atoms with Crippen LogP contribution in [-0.4, -0.2) is 60.1 Å². The summed E-state index contributed by atoms with van der Waals surface area (Å²) in [7, 11) is 0. The topological polar surface area (TPSA) is 81.7 Å². The molecule has 114 valence electrons. The quantitative estimate of drug-likeness (QED) is 0.593. The summed E-state index contributed by atoms with van der Waals surface area (Å²) >= 11 is 0. The van der Waals surface area contributed by atoms with E-state index in [4.69, 9.17) is 5.11 Å². The molecule has 6 heteroatoms. The molecule has 0 aromatic rings. The summed E-state index contributed by atoms with van der Waals surface area (Å²) in [6, 6.07) is 0. The molecule has 2 saturated heterocycles. The van der Waals surface area contributed by atoms with Crippen LogP contribution < -0.4 is 10.6 Å². The number of nitrogens with one attached hydrogen (secondary N) is 2. The maximum atomic E-state index is 11.9. The van der Waals surface area contributed by atoms with Crippen LogP contribution in [0.3, 0.4) is 0 Å². The highest BCUT2D eigenvalue weighted by Gasteiger charge is 2.49. The van der Waals surface area contributed by atoms with Crippen molar-refractivity contribution < 1.29 is 14.7 Å². The van der Waals surface area contributed by atoms with E-state index in [1.54, 1.807) is 0 Å². The Morgan fingerprint density at radius 1 is 1.40 bits per heavy atom. The molecule has 0 saturated carbocycles. The van der Waals surface area contributed by atoms with Crippen molar-refractivity contribution in [3.8, 4) is 0 Å². The highest BCUT2D eigenvalue weighted by Crippen LogP contribution is 2.40. The van der Waals surface area contributed by atoms with Gasteiger partial charge in [0, 0.05) is 31.6 Å². The summed E-state index contributed by atoms with van der Waals surface area (Å²) in [5.74, 6) is 0.434. The smallest absolute Gasteiger partial charge is 0.303 e. The molecule has 2 fully saturated rings. The molecule has 0 bridgehead atoms. The van der Waals surface area contributed by atoms with Gasteiger partial charge in [0.15, 0.2) is 0 Å². The molecule has 0 spiro atoms. The molecule has 6 nitrogen and oxygen atoms in total. The Morgan fingerprint density at radius 3 is 2.80 bits per heavy atom. The lowest BCUT2D eigenvalue weighted by Crippen LogP contribution is -2.48. The van der Waals surface area contributed by atoms with E-state index in [-0.39, 0.29) is 17.9 Å². The van der Waals surface area contributed by atoms with Crippen LogP contribution in [0, 0.1) is 11.8 Å². The standard InChI is InChI=1S/C14H25N3O3/c1-14(2)11-7-15-6-10(11)8-17(14)9-12(18)16-5-3-4-13(19)20/h10-11,15H,3-9H2,1-2H3,(H,16,18)(H,19,20). The number of carbonyl (C=O) groups excluding carboxylic acids is 1. The van der Waals surface area contributed by atoms with Crippen molar-refractivity contribution in [2.45, 2.75) is 32.2 Å². The fourth-order valence-corrected chi connectivity index (χ4v) is 3.47. The zero-order valence-corrected chi connectivity index (χ0v) is 12.3. The third kappa shape index (κ3) is 3.30. The zero-order chi connectivity index (χ0) is 14.8. The van der Waals surface area contributed by atoms with Gasteiger partial charge in [-0.05, 0) is 38.6 Å². The van der Waals surface area contributed by atoms with Gasteiger partial charge in [0.1, 0.15) is 0 Å². The van der Waals surface area contributed by atoms with E-state index in [1.165, 1.54) is 0 Å². The Kier molecular flexibility index (Phi) is 4.65. The van der Waals surface area contributed by atoms with Gasteiger partial charge in [0.25, 0.3) is 0 Å². The van der Waals surface area contributed by atoms with Crippen molar-refractivity contribution in [2.75, 3.05) is 32.7 Å². The average molecular weight is 283 g/mol. The van der Waals surface area contributed by atoms with E-state index in [2.05, 4.69) is 29.4 Å². The number of hydrogen-bond acceptors (Lipinski definition) is 4. The van der Waals surface area contributed by atoms with Gasteiger partial charge >= 0.3 is 5.97 Å². The number of fused-ring (bicyclic) bond motifs is 1. The molecule has 2 aliphatic rings. The van der Waals surface area contributed by atoms with Gasteiger partial charge < -0.3 is 15.7 Å². The lowest BCUT2D eigenvalue weighted by molar-refractivity contribution is -0.137. The number of carboxylic acids is 1. The highest BCUT2D eigenvalue weighted by atomic mass is 16.4. The third-order valence-electron chi connectivity index (χ3n) is 4.74. The van der Waals surface area contributed by atoms with Gasteiger partial charge in [0.2, 0.25) is 5.91 Å². The van der Waals surface area contributed by atoms with Crippen LogP contribution in [0.25, 0.3) is 0 Å². The number of nitrogens with zero attached hydrogens (tertiary/aromatic N) is 1. The van der Waals surface area contributed by atoms with Crippen LogP contribution in [0.5, 0.6) is 0 Å². The average Bonchev–Trinajstić information content (AvgIpc) is 2.89. The number of carbonyl (C=O) groups is 2. The number of carboxylic acid groups (broad SMARTS) is 1. The van der Waals surface area contributed by atoms with Gasteiger partial charge in [0.05, 0.1) is 6.54 Å². The van der Waals surface area contributed by atoms with Crippen molar-refractivity contribution in [3.63, 3.8) is 0 Å². The molecule has 20 heavy (non-hydrogen) atoms. The van der Waals surface area contributed by atoms with Crippen molar-refractivity contribution in [3.05, 3.63) is 0 Å². The summed E-state index contributed by atoms with van der Waals surface area (Å²) in [5, 5.41) is 14.8. The van der Waals surface area contributed by atoms with Crippen molar-refractivity contribution in [1.29, 1.82) is 0 Å². The molecular weight excluding hydrogens is 258 g/mol. The van der Waals surface area contributed by atoms with Gasteiger partial charge in [-0.3, -0.25) is 14.5 Å². The third-order valence-corrected chi connectivity index (χ3v) is 4.74. The van der Waals surface area contributed by atoms with Gasteiger partial charge in [-0.2, -0.15) is 0 Å². The molecule has 2 unspecified atom stereocenters. The maximum absolute atomic E-state index is 11.9. The minimum atomic E-state index is -0.819. The number of rotatable bonds is 6. The Morgan fingerprint density at radius 2 is 2.15 bits per heavy atom. The number of likely N-dealkylation sites (tertiary alicyclic amines) is 1. The first-order valence-corrected chi connectivity index (χ1v) is 7.35. The van der Waals surface area contributed by atoms with Crippen LogP contribution in [0.4, 0.5) is 0 Å². The second kappa shape index (κ2) is 6.10. The lowest BCUT2D eigenvalue weighted by Gasteiger charge is -2.35. The fourth-order valence-electron chi connectivity index (χ4n) is 3.47. The first-order chi connectivity index (χ1) is 9.41. The maximum Gasteiger partial charge on any atom is 0.303 e. The minimum Gasteiger partial charge on any atom is -0.481 e. The number of amides is 1. The van der Waals surface area contributed by atoms with E-state index in [0.717, 1.165) is 19.6 Å². The van der Waals surface area contributed by atoms with Gasteiger partial charge in [-0.25, -0.2) is 0 Å². The Bertz CT molecular complexity index is 384. The minimum absolute atomic E-state index is 0.00334. The Hall–Kier alpha value is -1.14. The molecular formula is C14H25N3O3. The molecule has 0 aliphatic carbocycles. The second-order valence-corrected chi connectivity index (χ2v) is 6.41. The summed E-state index contributed by atoms with van der Waals surface area (Å²) in [6.45, 7) is 8.32. The van der Waals surface area contributed by atoms with Crippen molar-refractivity contribution in [1.82, 2.24) is 15.5 Å². The Labute approximate surface area is 119 Å². The van der Waals surface area contributed by atoms with Crippen LogP contribution in [0.1, 0.15) is 26.7 Å². The first kappa shape index (κ1) is 15.3. The molecule has 2 atom stereocenters. The molecule has 2 heterocycles. The van der Waals surface area contributed by atoms with E-state index in [1.807, 2.05) is 0 Å². The summed E-state index contributed by atoms with van der Waals surface area (Å²) in [6.07, 6.45) is 0.588. The SMILES string of the molecule is CC1(C)C2CNCC2CN1CC(=O)NCCCC(=O)O. The Balaban J connectivity index is 1.76. The monoisotopic (exact) mass is 283 g/mol. The number of aliphatic carboxylic acids is 1. The predicted octanol–water partition coefficient (Wildman–Crippen LogP) is -0.103. The van der Waals surface area contributed by atoms with Crippen molar-refractivity contribution >= 4 is 11.9 Å². The number of hydrogen-bond donors (Lipinski definition) is 3. The highest BCUT2D eigenvalue weighted by molar-refractivity contribution is 5.78. The zero-order valence-electron chi connectivity index (χ0n) is 12.3. The van der Waals surface area contributed by atoms with Gasteiger partial charge in [-0.15, -0.1) is 0 Å². The van der Waals surface area contributed by atoms with Crippen LogP contribution in [0.15, 0.2) is 0 Å². The molecule has 0 radical (unpaired) electrons. The normalized spacial score (nSPS) is 28.3. The molecule has 2 rings (SSSR count). The fraction of sp³-hybridized carbons (Fsp3) is 0.857. The molecule has 1 amide bonds. The van der Waals surface area contributed by atoms with Crippen LogP contribution >= 0.6 is 0 Å². The lowest BCUT2D eigenvalue weighted by atomic mass is 9.85. The molecule has 0 aromatic heterocycles. The first-order valence-electron chi connectivity index (χ1n) is 7.35.